The summed E-state index contributed by atoms with van der Waals surface area (Å²) in [5, 5.41) is 8.62. The van der Waals surface area contributed by atoms with Gasteiger partial charge < -0.3 is 9.13 Å². The van der Waals surface area contributed by atoms with Crippen LogP contribution in [-0.2, 0) is 0 Å². The molecule has 4 heteroatoms. The number of fused-ring (bicyclic) bond motifs is 10. The van der Waals surface area contributed by atoms with Gasteiger partial charge in [0.05, 0.1) is 33.3 Å². The van der Waals surface area contributed by atoms with Gasteiger partial charge in [-0.15, -0.1) is 11.3 Å². The molecule has 0 amide bonds. The van der Waals surface area contributed by atoms with Crippen LogP contribution in [-0.4, -0.2) is 14.1 Å². The molecular weight excluding hydrogens is 615 g/mol. The van der Waals surface area contributed by atoms with E-state index in [1.807, 2.05) is 0 Å². The van der Waals surface area contributed by atoms with Crippen LogP contribution in [0.4, 0.5) is 0 Å². The molecule has 0 atom stereocenters. The van der Waals surface area contributed by atoms with Crippen molar-refractivity contribution in [1.82, 2.24) is 14.1 Å². The number of rotatable bonds is 3. The largest absolute Gasteiger partial charge is 0.309 e. The molecule has 49 heavy (non-hydrogen) atoms. The van der Waals surface area contributed by atoms with Crippen molar-refractivity contribution in [3.05, 3.63) is 164 Å². The van der Waals surface area contributed by atoms with E-state index in [1.54, 1.807) is 11.3 Å². The molecule has 0 N–H and O–H groups in total. The summed E-state index contributed by atoms with van der Waals surface area (Å²) in [6.07, 6.45) is 0. The molecule has 11 aromatic rings. The summed E-state index contributed by atoms with van der Waals surface area (Å²) in [6.45, 7) is 0. The van der Waals surface area contributed by atoms with Crippen LogP contribution >= 0.6 is 11.3 Å². The number of nitrogens with zero attached hydrogens (tertiary/aromatic N) is 3. The Morgan fingerprint density at radius 2 is 1.00 bits per heavy atom. The summed E-state index contributed by atoms with van der Waals surface area (Å²) in [4.78, 5) is 6.26. The SMILES string of the molecule is c1ccc(-n2c3ccccc3c3cc(-c4ccc5c6ccccc6n(-c6c7ccccc7nc7sc8ccccc8c67)c5c4)ccc32)cc1. The molecule has 4 heterocycles. The van der Waals surface area contributed by atoms with E-state index < -0.39 is 0 Å². The minimum absolute atomic E-state index is 1.01. The molecule has 0 aliphatic heterocycles. The van der Waals surface area contributed by atoms with Crippen molar-refractivity contribution in [3.8, 4) is 22.5 Å². The first-order valence-corrected chi connectivity index (χ1v) is 17.5. The van der Waals surface area contributed by atoms with E-state index in [9.17, 15) is 0 Å². The third-order valence-corrected chi connectivity index (χ3v) is 11.2. The quantitative estimate of drug-likeness (QED) is 0.188. The van der Waals surface area contributed by atoms with Crippen molar-refractivity contribution in [2.45, 2.75) is 0 Å². The molecular formula is C45H27N3S. The van der Waals surface area contributed by atoms with E-state index in [0.29, 0.717) is 0 Å². The molecule has 0 saturated carbocycles. The molecule has 7 aromatic carbocycles. The van der Waals surface area contributed by atoms with E-state index in [4.69, 9.17) is 4.98 Å². The third-order valence-electron chi connectivity index (χ3n) is 10.1. The van der Waals surface area contributed by atoms with Crippen molar-refractivity contribution in [1.29, 1.82) is 0 Å². The number of hydrogen-bond acceptors (Lipinski definition) is 2. The van der Waals surface area contributed by atoms with Gasteiger partial charge in [0.1, 0.15) is 4.83 Å². The Morgan fingerprint density at radius 1 is 0.408 bits per heavy atom. The van der Waals surface area contributed by atoms with Gasteiger partial charge in [-0.3, -0.25) is 0 Å². The number of para-hydroxylation sites is 4. The zero-order valence-electron chi connectivity index (χ0n) is 26.3. The number of pyridine rings is 1. The van der Waals surface area contributed by atoms with Crippen molar-refractivity contribution < 1.29 is 0 Å². The van der Waals surface area contributed by atoms with Gasteiger partial charge in [0, 0.05) is 48.1 Å². The van der Waals surface area contributed by atoms with E-state index in [0.717, 1.165) is 15.7 Å². The highest BCUT2D eigenvalue weighted by atomic mass is 32.1. The number of aromatic nitrogens is 3. The highest BCUT2D eigenvalue weighted by Crippen LogP contribution is 2.44. The molecule has 0 spiro atoms. The average Bonchev–Trinajstić information content (AvgIpc) is 3.81. The lowest BCUT2D eigenvalue weighted by atomic mass is 10.0. The highest BCUT2D eigenvalue weighted by Gasteiger charge is 2.21. The summed E-state index contributed by atoms with van der Waals surface area (Å²) in [7, 11) is 0. The van der Waals surface area contributed by atoms with E-state index in [1.165, 1.54) is 81.6 Å². The van der Waals surface area contributed by atoms with Crippen LogP contribution in [0.1, 0.15) is 0 Å². The number of hydrogen-bond donors (Lipinski definition) is 0. The van der Waals surface area contributed by atoms with Gasteiger partial charge in [0.15, 0.2) is 0 Å². The first-order valence-electron chi connectivity index (χ1n) is 16.6. The lowest BCUT2D eigenvalue weighted by molar-refractivity contribution is 1.18. The lowest BCUT2D eigenvalue weighted by Crippen LogP contribution is -1.98. The Labute approximate surface area is 285 Å². The Bertz CT molecular complexity index is 3110. The highest BCUT2D eigenvalue weighted by molar-refractivity contribution is 7.25. The molecule has 0 fully saturated rings. The monoisotopic (exact) mass is 641 g/mol. The van der Waals surface area contributed by atoms with Crippen LogP contribution in [0, 0.1) is 0 Å². The maximum atomic E-state index is 5.19. The minimum Gasteiger partial charge on any atom is -0.309 e. The molecule has 0 aliphatic carbocycles. The lowest BCUT2D eigenvalue weighted by Gasteiger charge is -2.14. The van der Waals surface area contributed by atoms with Gasteiger partial charge in [-0.25, -0.2) is 4.98 Å². The summed E-state index contributed by atoms with van der Waals surface area (Å²) >= 11 is 1.77. The van der Waals surface area contributed by atoms with Gasteiger partial charge in [-0.2, -0.15) is 0 Å². The molecule has 0 saturated heterocycles. The fourth-order valence-corrected chi connectivity index (χ4v) is 9.07. The molecule has 0 radical (unpaired) electrons. The second kappa shape index (κ2) is 10.1. The Kier molecular flexibility index (Phi) is 5.54. The van der Waals surface area contributed by atoms with Crippen molar-refractivity contribution in [2.24, 2.45) is 0 Å². The summed E-state index contributed by atoms with van der Waals surface area (Å²) < 4.78 is 6.13. The summed E-state index contributed by atoms with van der Waals surface area (Å²) in [6, 6.07) is 59.5. The average molecular weight is 642 g/mol. The Hall–Kier alpha value is -6.23. The van der Waals surface area contributed by atoms with E-state index in [2.05, 4.69) is 173 Å². The minimum atomic E-state index is 1.01. The zero-order valence-corrected chi connectivity index (χ0v) is 27.2. The second-order valence-electron chi connectivity index (χ2n) is 12.8. The Morgan fingerprint density at radius 3 is 1.84 bits per heavy atom. The smallest absolute Gasteiger partial charge is 0.127 e. The molecule has 0 bridgehead atoms. The molecule has 3 nitrogen and oxygen atoms in total. The molecule has 4 aromatic heterocycles. The summed E-state index contributed by atoms with van der Waals surface area (Å²) in [5.74, 6) is 0. The first-order chi connectivity index (χ1) is 24.3. The third kappa shape index (κ3) is 3.80. The summed E-state index contributed by atoms with van der Waals surface area (Å²) in [5.41, 5.74) is 10.6. The maximum Gasteiger partial charge on any atom is 0.127 e. The van der Waals surface area contributed by atoms with Crippen molar-refractivity contribution in [3.63, 3.8) is 0 Å². The standard InChI is InChI=1S/C45H27N3S/c1-2-12-30(13-3-1)47-38-19-9-6-15-32(38)36-26-28(23-25-40(36)47)29-22-24-33-31-14-5-10-20-39(31)48(41(33)27-29)44-34-16-4-8-18-37(34)46-45-43(44)35-17-7-11-21-42(35)49-45/h1-27H. The fraction of sp³-hybridized carbons (Fsp3) is 0. The molecule has 0 unspecified atom stereocenters. The van der Waals surface area contributed by atoms with Crippen LogP contribution in [0.5, 0.6) is 0 Å². The Balaban J connectivity index is 1.22. The number of benzene rings is 7. The van der Waals surface area contributed by atoms with Crippen LogP contribution in [0.2, 0.25) is 0 Å². The fourth-order valence-electron chi connectivity index (χ4n) is 7.99. The van der Waals surface area contributed by atoms with E-state index in [-0.39, 0.29) is 0 Å². The zero-order chi connectivity index (χ0) is 32.1. The topological polar surface area (TPSA) is 22.8 Å². The van der Waals surface area contributed by atoms with Gasteiger partial charge in [0.2, 0.25) is 0 Å². The van der Waals surface area contributed by atoms with Crippen molar-refractivity contribution >= 4 is 86.2 Å². The predicted octanol–water partition coefficient (Wildman–Crippen LogP) is 12.5. The van der Waals surface area contributed by atoms with E-state index >= 15 is 0 Å². The van der Waals surface area contributed by atoms with Crippen LogP contribution in [0.25, 0.3) is 97.3 Å². The van der Waals surface area contributed by atoms with Gasteiger partial charge in [0.25, 0.3) is 0 Å². The number of thiophene rings is 1. The maximum absolute atomic E-state index is 5.19. The van der Waals surface area contributed by atoms with Crippen LogP contribution in [0.15, 0.2) is 164 Å². The van der Waals surface area contributed by atoms with Gasteiger partial charge >= 0.3 is 0 Å². The normalized spacial score (nSPS) is 12.1. The van der Waals surface area contributed by atoms with Gasteiger partial charge in [-0.05, 0) is 65.7 Å². The first kappa shape index (κ1) is 26.8. The van der Waals surface area contributed by atoms with Crippen LogP contribution in [0.3, 0.4) is 0 Å². The van der Waals surface area contributed by atoms with Crippen molar-refractivity contribution in [2.75, 3.05) is 0 Å². The molecule has 0 aliphatic rings. The molecule has 11 rings (SSSR count). The van der Waals surface area contributed by atoms with Gasteiger partial charge in [-0.1, -0.05) is 109 Å². The predicted molar refractivity (Wildman–Crippen MR) is 209 cm³/mol. The second-order valence-corrected chi connectivity index (χ2v) is 13.8. The molecule has 228 valence electrons. The van der Waals surface area contributed by atoms with Crippen LogP contribution < -0.4 is 0 Å².